The number of thiazole rings is 1. The summed E-state index contributed by atoms with van der Waals surface area (Å²) in [5.74, 6) is 0.437. The van der Waals surface area contributed by atoms with E-state index in [0.717, 1.165) is 44.9 Å². The van der Waals surface area contributed by atoms with Crippen LogP contribution in [-0.2, 0) is 11.2 Å². The minimum absolute atomic E-state index is 0.137. The van der Waals surface area contributed by atoms with Crippen LogP contribution in [0.4, 0.5) is 5.69 Å². The summed E-state index contributed by atoms with van der Waals surface area (Å²) in [6, 6.07) is 9.43. The SMILES string of the molecule is CCCC[S+]([O-])c1sc2nc(-c3nccs3)cc(-c3cccc(C(=O)NCCNC)c3)c2c1N. The lowest BCUT2D eigenvalue weighted by molar-refractivity contribution is 0.0954. The number of nitrogens with two attached hydrogens (primary N) is 1. The number of hydrogen-bond donors (Lipinski definition) is 3. The van der Waals surface area contributed by atoms with Crippen LogP contribution < -0.4 is 16.4 Å². The average Bonchev–Trinajstić information content (AvgIpc) is 3.51. The van der Waals surface area contributed by atoms with Crippen molar-refractivity contribution in [3.05, 3.63) is 47.5 Å². The monoisotopic (exact) mass is 513 g/mol. The smallest absolute Gasteiger partial charge is 0.251 e. The van der Waals surface area contributed by atoms with E-state index in [1.807, 2.05) is 36.7 Å². The van der Waals surface area contributed by atoms with Crippen LogP contribution in [0, 0.1) is 0 Å². The molecule has 0 aliphatic carbocycles. The summed E-state index contributed by atoms with van der Waals surface area (Å²) < 4.78 is 13.6. The fraction of sp³-hybridized carbons (Fsp3) is 0.292. The molecule has 0 saturated heterocycles. The van der Waals surface area contributed by atoms with Crippen LogP contribution in [0.3, 0.4) is 0 Å². The summed E-state index contributed by atoms with van der Waals surface area (Å²) in [5, 5.41) is 9.41. The van der Waals surface area contributed by atoms with Crippen molar-refractivity contribution in [2.45, 2.75) is 24.0 Å². The number of anilines is 1. The topological polar surface area (TPSA) is 116 Å². The molecule has 4 N–H and O–H groups in total. The quantitative estimate of drug-likeness (QED) is 0.212. The standard InChI is InChI=1S/C24H27N5O2S3/c1-3-4-12-34(31)24-20(25)19-17(14-18(29-23(19)33-24)22-28-10-11-32-22)15-6-5-7-16(13-15)21(30)27-9-8-26-2/h5-7,10-11,13-14,26H,3-4,8-9,12,25H2,1-2H3,(H,27,30). The molecule has 0 aliphatic rings. The van der Waals surface area contributed by atoms with Crippen molar-refractivity contribution in [1.29, 1.82) is 0 Å². The number of aromatic nitrogens is 2. The van der Waals surface area contributed by atoms with Gasteiger partial charge in [-0.3, -0.25) is 4.79 Å². The van der Waals surface area contributed by atoms with Gasteiger partial charge in [0.25, 0.3) is 5.91 Å². The maximum absolute atomic E-state index is 13.0. The van der Waals surface area contributed by atoms with Gasteiger partial charge in [0.15, 0.2) is 0 Å². The first-order chi connectivity index (χ1) is 16.5. The molecule has 4 aromatic rings. The Kier molecular flexibility index (Phi) is 8.17. The summed E-state index contributed by atoms with van der Waals surface area (Å²) in [4.78, 5) is 22.6. The first kappa shape index (κ1) is 24.6. The number of thiophene rings is 1. The molecular formula is C24H27N5O2S3. The van der Waals surface area contributed by atoms with E-state index in [9.17, 15) is 9.35 Å². The largest absolute Gasteiger partial charge is 0.611 e. The Hall–Kier alpha value is -2.50. The van der Waals surface area contributed by atoms with Gasteiger partial charge in [-0.15, -0.1) is 11.3 Å². The number of benzene rings is 1. The van der Waals surface area contributed by atoms with E-state index in [4.69, 9.17) is 10.7 Å². The molecule has 0 fully saturated rings. The van der Waals surface area contributed by atoms with Crippen LogP contribution in [0.2, 0.25) is 0 Å². The molecule has 0 radical (unpaired) electrons. The zero-order chi connectivity index (χ0) is 24.1. The van der Waals surface area contributed by atoms with Crippen LogP contribution in [0.15, 0.2) is 46.1 Å². The number of pyridine rings is 1. The highest BCUT2D eigenvalue weighted by atomic mass is 32.2. The molecule has 4 rings (SSSR count). The first-order valence-corrected chi connectivity index (χ1v) is 14.1. The molecule has 1 atom stereocenters. The zero-order valence-corrected chi connectivity index (χ0v) is 21.5. The van der Waals surface area contributed by atoms with Gasteiger partial charge < -0.3 is 20.9 Å². The van der Waals surface area contributed by atoms with Gasteiger partial charge in [0.2, 0.25) is 4.21 Å². The van der Waals surface area contributed by atoms with Crippen molar-refractivity contribution in [3.63, 3.8) is 0 Å². The van der Waals surface area contributed by atoms with E-state index < -0.39 is 11.2 Å². The second-order valence-corrected chi connectivity index (χ2v) is 11.4. The van der Waals surface area contributed by atoms with Gasteiger partial charge in [0.05, 0.1) is 0 Å². The summed E-state index contributed by atoms with van der Waals surface area (Å²) >= 11 is 1.71. The summed E-state index contributed by atoms with van der Waals surface area (Å²) in [7, 11) is 1.84. The number of likely N-dealkylation sites (N-methyl/N-ethyl adjacent to an activating group) is 1. The first-order valence-electron chi connectivity index (χ1n) is 11.1. The number of rotatable bonds is 10. The Morgan fingerprint density at radius 3 is 2.85 bits per heavy atom. The Bertz CT molecular complexity index is 1270. The molecule has 0 aliphatic heterocycles. The van der Waals surface area contributed by atoms with Crippen LogP contribution in [0.25, 0.3) is 32.0 Å². The molecule has 1 unspecified atom stereocenters. The van der Waals surface area contributed by atoms with E-state index >= 15 is 0 Å². The van der Waals surface area contributed by atoms with E-state index in [-0.39, 0.29) is 5.91 Å². The van der Waals surface area contributed by atoms with E-state index in [2.05, 4.69) is 22.5 Å². The molecule has 1 aromatic carbocycles. The van der Waals surface area contributed by atoms with Crippen LogP contribution >= 0.6 is 22.7 Å². The van der Waals surface area contributed by atoms with Gasteiger partial charge >= 0.3 is 0 Å². The van der Waals surface area contributed by atoms with Gasteiger partial charge in [-0.2, -0.15) is 0 Å². The Balaban J connectivity index is 1.83. The normalized spacial score (nSPS) is 12.2. The van der Waals surface area contributed by atoms with Crippen molar-refractivity contribution in [1.82, 2.24) is 20.6 Å². The molecule has 3 aromatic heterocycles. The molecule has 10 heteroatoms. The number of unbranched alkanes of at least 4 members (excludes halogenated alkanes) is 1. The third-order valence-electron chi connectivity index (χ3n) is 5.30. The Morgan fingerprint density at radius 2 is 2.12 bits per heavy atom. The summed E-state index contributed by atoms with van der Waals surface area (Å²) in [5.41, 5.74) is 10.1. The fourth-order valence-electron chi connectivity index (χ4n) is 3.56. The van der Waals surface area contributed by atoms with E-state index in [0.29, 0.717) is 34.3 Å². The van der Waals surface area contributed by atoms with Gasteiger partial charge in [-0.1, -0.05) is 36.8 Å². The summed E-state index contributed by atoms with van der Waals surface area (Å²) in [6.07, 6.45) is 3.59. The van der Waals surface area contributed by atoms with Crippen LogP contribution in [0.5, 0.6) is 0 Å². The zero-order valence-electron chi connectivity index (χ0n) is 19.1. The molecule has 34 heavy (non-hydrogen) atoms. The van der Waals surface area contributed by atoms with Crippen LogP contribution in [-0.4, -0.2) is 46.3 Å². The molecule has 0 saturated carbocycles. The maximum atomic E-state index is 13.0. The van der Waals surface area contributed by atoms with Crippen molar-refractivity contribution in [3.8, 4) is 21.8 Å². The molecular weight excluding hydrogens is 486 g/mol. The lowest BCUT2D eigenvalue weighted by Gasteiger charge is -2.10. The van der Waals surface area contributed by atoms with Crippen molar-refractivity contribution in [2.24, 2.45) is 0 Å². The highest BCUT2D eigenvalue weighted by Gasteiger charge is 2.25. The highest BCUT2D eigenvalue weighted by molar-refractivity contribution is 7.93. The fourth-order valence-corrected chi connectivity index (χ4v) is 6.95. The summed E-state index contributed by atoms with van der Waals surface area (Å²) in [6.45, 7) is 3.31. The Morgan fingerprint density at radius 1 is 1.26 bits per heavy atom. The minimum atomic E-state index is -1.18. The predicted octanol–water partition coefficient (Wildman–Crippen LogP) is 4.53. The Labute approximate surface area is 210 Å². The number of amides is 1. The molecule has 1 amide bonds. The minimum Gasteiger partial charge on any atom is -0.611 e. The average molecular weight is 514 g/mol. The van der Waals surface area contributed by atoms with Crippen molar-refractivity contribution >= 4 is 55.7 Å². The molecule has 178 valence electrons. The highest BCUT2D eigenvalue weighted by Crippen LogP contribution is 2.43. The lowest BCUT2D eigenvalue weighted by Crippen LogP contribution is -2.30. The van der Waals surface area contributed by atoms with Gasteiger partial charge in [0.1, 0.15) is 27.0 Å². The third-order valence-corrected chi connectivity index (χ3v) is 9.09. The molecule has 7 nitrogen and oxygen atoms in total. The predicted molar refractivity (Wildman–Crippen MR) is 143 cm³/mol. The molecule has 0 spiro atoms. The number of carbonyl (C=O) groups is 1. The van der Waals surface area contributed by atoms with E-state index in [1.54, 1.807) is 12.3 Å². The van der Waals surface area contributed by atoms with E-state index in [1.165, 1.54) is 22.7 Å². The molecule has 0 bridgehead atoms. The second kappa shape index (κ2) is 11.3. The van der Waals surface area contributed by atoms with Crippen molar-refractivity contribution < 1.29 is 9.35 Å². The van der Waals surface area contributed by atoms with Crippen molar-refractivity contribution in [2.75, 3.05) is 31.6 Å². The number of fused-ring (bicyclic) bond motifs is 1. The van der Waals surface area contributed by atoms with Crippen LogP contribution in [0.1, 0.15) is 30.1 Å². The van der Waals surface area contributed by atoms with Gasteiger partial charge in [-0.25, -0.2) is 9.97 Å². The van der Waals surface area contributed by atoms with Gasteiger partial charge in [0, 0.05) is 35.6 Å². The number of nitrogen functional groups attached to an aromatic ring is 1. The van der Waals surface area contributed by atoms with Gasteiger partial charge in [-0.05, 0) is 54.0 Å². The number of nitrogens with one attached hydrogen (secondary N) is 2. The third kappa shape index (κ3) is 5.26. The molecule has 3 heterocycles. The number of hydrogen-bond acceptors (Lipinski definition) is 8. The number of nitrogens with zero attached hydrogens (tertiary/aromatic N) is 2. The maximum Gasteiger partial charge on any atom is 0.251 e. The number of carbonyl (C=O) groups excluding carboxylic acids is 1. The second-order valence-electron chi connectivity index (χ2n) is 7.72. The lowest BCUT2D eigenvalue weighted by atomic mass is 9.99.